The molecule has 0 unspecified atom stereocenters. The maximum Gasteiger partial charge on any atom is 0.140 e. The van der Waals surface area contributed by atoms with E-state index < -0.39 is 0 Å². The molecule has 1 N–H and O–H groups in total. The molecule has 2 aromatic heterocycles. The predicted octanol–water partition coefficient (Wildman–Crippen LogP) is 3.31. The normalized spacial score (nSPS) is 11.2. The Morgan fingerprint density at radius 2 is 1.85 bits per heavy atom. The zero-order chi connectivity index (χ0) is 13.5. The average molecular weight is 264 g/mol. The third-order valence-electron chi connectivity index (χ3n) is 3.20. The Labute approximate surface area is 113 Å². The monoisotopic (exact) mass is 264 g/mol. The second kappa shape index (κ2) is 4.09. The molecule has 0 saturated heterocycles. The topological polar surface area (TPSA) is 54.5 Å². The van der Waals surface area contributed by atoms with Crippen LogP contribution in [0.1, 0.15) is 0 Å². The number of nitrogens with zero attached hydrogens (tertiary/aromatic N) is 3. The quantitative estimate of drug-likeness (QED) is 0.574. The van der Waals surface area contributed by atoms with Crippen LogP contribution in [0.5, 0.6) is 0 Å². The van der Waals surface area contributed by atoms with Gasteiger partial charge in [0.1, 0.15) is 11.6 Å². The summed E-state index contributed by atoms with van der Waals surface area (Å²) >= 11 is 0. The van der Waals surface area contributed by atoms with E-state index in [0.29, 0.717) is 11.3 Å². The number of H-pyrrole nitrogens is 1. The van der Waals surface area contributed by atoms with Crippen LogP contribution in [0.3, 0.4) is 0 Å². The van der Waals surface area contributed by atoms with Crippen molar-refractivity contribution in [3.05, 3.63) is 54.6 Å². The summed E-state index contributed by atoms with van der Waals surface area (Å²) < 4.78 is 13.2. The standard InChI is InChI=1S/C15H9FN4/c16-9-4-5-11-13(8-9)20-15(19-11)10-2-1-3-12-14(10)18-7-6-17-12/h1-8H,(H,19,20). The molecule has 4 rings (SSSR count). The highest BCUT2D eigenvalue weighted by Crippen LogP contribution is 2.26. The number of imidazole rings is 1. The average Bonchev–Trinajstić information content (AvgIpc) is 2.89. The van der Waals surface area contributed by atoms with Gasteiger partial charge >= 0.3 is 0 Å². The minimum Gasteiger partial charge on any atom is -0.338 e. The van der Waals surface area contributed by atoms with Gasteiger partial charge in [-0.05, 0) is 30.3 Å². The minimum atomic E-state index is -0.287. The van der Waals surface area contributed by atoms with E-state index in [-0.39, 0.29) is 5.82 Å². The second-order valence-corrected chi connectivity index (χ2v) is 4.48. The molecule has 0 aliphatic rings. The van der Waals surface area contributed by atoms with Crippen LogP contribution in [0.2, 0.25) is 0 Å². The van der Waals surface area contributed by atoms with Crippen LogP contribution < -0.4 is 0 Å². The first-order chi connectivity index (χ1) is 9.81. The number of nitrogens with one attached hydrogen (secondary N) is 1. The van der Waals surface area contributed by atoms with Gasteiger partial charge < -0.3 is 4.98 Å². The van der Waals surface area contributed by atoms with Crippen molar-refractivity contribution >= 4 is 22.1 Å². The van der Waals surface area contributed by atoms with Gasteiger partial charge in [-0.1, -0.05) is 6.07 Å². The molecule has 0 radical (unpaired) electrons. The van der Waals surface area contributed by atoms with E-state index in [1.807, 2.05) is 18.2 Å². The number of hydrogen-bond acceptors (Lipinski definition) is 3. The highest BCUT2D eigenvalue weighted by molar-refractivity contribution is 5.91. The van der Waals surface area contributed by atoms with Gasteiger partial charge in [0.25, 0.3) is 0 Å². The first-order valence-electron chi connectivity index (χ1n) is 6.17. The van der Waals surface area contributed by atoms with Gasteiger partial charge in [-0.2, -0.15) is 0 Å². The van der Waals surface area contributed by atoms with E-state index in [4.69, 9.17) is 0 Å². The molecule has 96 valence electrons. The number of rotatable bonds is 1. The van der Waals surface area contributed by atoms with Crippen molar-refractivity contribution in [2.75, 3.05) is 0 Å². The second-order valence-electron chi connectivity index (χ2n) is 4.48. The van der Waals surface area contributed by atoms with Crippen molar-refractivity contribution in [1.29, 1.82) is 0 Å². The molecule has 4 aromatic rings. The van der Waals surface area contributed by atoms with E-state index in [1.165, 1.54) is 12.1 Å². The number of aromatic nitrogens is 4. The molecule has 4 nitrogen and oxygen atoms in total. The summed E-state index contributed by atoms with van der Waals surface area (Å²) in [6, 6.07) is 10.2. The summed E-state index contributed by atoms with van der Waals surface area (Å²) in [5.41, 5.74) is 3.82. The molecule has 0 saturated carbocycles. The predicted molar refractivity (Wildman–Crippen MR) is 74.6 cm³/mol. The fraction of sp³-hybridized carbons (Fsp3) is 0. The van der Waals surface area contributed by atoms with Gasteiger partial charge in [0, 0.05) is 18.0 Å². The lowest BCUT2D eigenvalue weighted by Gasteiger charge is -2.01. The van der Waals surface area contributed by atoms with E-state index >= 15 is 0 Å². The van der Waals surface area contributed by atoms with Crippen molar-refractivity contribution in [2.45, 2.75) is 0 Å². The molecular weight excluding hydrogens is 255 g/mol. The molecule has 2 heterocycles. The maximum atomic E-state index is 13.2. The molecule has 0 atom stereocenters. The third-order valence-corrected chi connectivity index (χ3v) is 3.20. The smallest absolute Gasteiger partial charge is 0.140 e. The molecule has 0 spiro atoms. The summed E-state index contributed by atoms with van der Waals surface area (Å²) in [4.78, 5) is 16.2. The molecule has 0 aliphatic carbocycles. The summed E-state index contributed by atoms with van der Waals surface area (Å²) in [5, 5.41) is 0. The van der Waals surface area contributed by atoms with Crippen molar-refractivity contribution < 1.29 is 4.39 Å². The van der Waals surface area contributed by atoms with Gasteiger partial charge in [-0.15, -0.1) is 0 Å². The van der Waals surface area contributed by atoms with Gasteiger partial charge in [0.05, 0.1) is 22.1 Å². The third kappa shape index (κ3) is 1.64. The first kappa shape index (κ1) is 11.0. The Bertz CT molecular complexity index is 924. The summed E-state index contributed by atoms with van der Waals surface area (Å²) in [5.74, 6) is 0.377. The lowest BCUT2D eigenvalue weighted by atomic mass is 10.1. The van der Waals surface area contributed by atoms with Crippen molar-refractivity contribution in [3.8, 4) is 11.4 Å². The van der Waals surface area contributed by atoms with Gasteiger partial charge in [0.2, 0.25) is 0 Å². The molecule has 20 heavy (non-hydrogen) atoms. The van der Waals surface area contributed by atoms with E-state index in [0.717, 1.165) is 22.1 Å². The van der Waals surface area contributed by atoms with Gasteiger partial charge in [-0.25, -0.2) is 9.37 Å². The van der Waals surface area contributed by atoms with Crippen LogP contribution in [0, 0.1) is 5.82 Å². The summed E-state index contributed by atoms with van der Waals surface area (Å²) in [6.07, 6.45) is 3.30. The van der Waals surface area contributed by atoms with Gasteiger partial charge in [0.15, 0.2) is 0 Å². The molecule has 5 heteroatoms. The fourth-order valence-electron chi connectivity index (χ4n) is 2.29. The Morgan fingerprint density at radius 3 is 2.80 bits per heavy atom. The van der Waals surface area contributed by atoms with Crippen LogP contribution in [-0.4, -0.2) is 19.9 Å². The lowest BCUT2D eigenvalue weighted by Crippen LogP contribution is -1.87. The number of benzene rings is 2. The molecule has 0 bridgehead atoms. The zero-order valence-corrected chi connectivity index (χ0v) is 10.3. The van der Waals surface area contributed by atoms with Crippen molar-refractivity contribution in [1.82, 2.24) is 19.9 Å². The first-order valence-corrected chi connectivity index (χ1v) is 6.17. The Morgan fingerprint density at radius 1 is 0.950 bits per heavy atom. The van der Waals surface area contributed by atoms with E-state index in [9.17, 15) is 4.39 Å². The van der Waals surface area contributed by atoms with Crippen LogP contribution in [0.25, 0.3) is 33.5 Å². The summed E-state index contributed by atoms with van der Waals surface area (Å²) in [6.45, 7) is 0. The largest absolute Gasteiger partial charge is 0.338 e. The number of para-hydroxylation sites is 1. The molecule has 0 aliphatic heterocycles. The van der Waals surface area contributed by atoms with Crippen LogP contribution in [-0.2, 0) is 0 Å². The highest BCUT2D eigenvalue weighted by atomic mass is 19.1. The van der Waals surface area contributed by atoms with Crippen LogP contribution in [0.4, 0.5) is 4.39 Å². The lowest BCUT2D eigenvalue weighted by molar-refractivity contribution is 0.629. The number of fused-ring (bicyclic) bond motifs is 2. The zero-order valence-electron chi connectivity index (χ0n) is 10.3. The molecule has 2 aromatic carbocycles. The summed E-state index contributed by atoms with van der Waals surface area (Å²) in [7, 11) is 0. The highest BCUT2D eigenvalue weighted by Gasteiger charge is 2.10. The van der Waals surface area contributed by atoms with E-state index in [2.05, 4.69) is 19.9 Å². The van der Waals surface area contributed by atoms with Crippen molar-refractivity contribution in [3.63, 3.8) is 0 Å². The minimum absolute atomic E-state index is 0.287. The number of aromatic amines is 1. The Balaban J connectivity index is 2.01. The Hall–Kier alpha value is -2.82. The molecule has 0 fully saturated rings. The van der Waals surface area contributed by atoms with E-state index in [1.54, 1.807) is 18.5 Å². The molecular formula is C15H9FN4. The Kier molecular flexibility index (Phi) is 2.26. The van der Waals surface area contributed by atoms with Gasteiger partial charge in [-0.3, -0.25) is 9.97 Å². The number of hydrogen-bond donors (Lipinski definition) is 1. The van der Waals surface area contributed by atoms with Crippen molar-refractivity contribution in [2.24, 2.45) is 0 Å². The molecule has 0 amide bonds. The number of halogens is 1. The van der Waals surface area contributed by atoms with Crippen LogP contribution >= 0.6 is 0 Å². The maximum absolute atomic E-state index is 13.2. The SMILES string of the molecule is Fc1ccc2nc(-c3cccc4nccnc34)[nH]c2c1. The van der Waals surface area contributed by atoms with Crippen LogP contribution in [0.15, 0.2) is 48.8 Å². The fourth-order valence-corrected chi connectivity index (χ4v) is 2.29.